The molecular formula is C15H23N3O5S. The number of carbonyl (C=O) groups is 1. The van der Waals surface area contributed by atoms with Crippen LogP contribution in [0, 0.1) is 0 Å². The highest BCUT2D eigenvalue weighted by Gasteiger charge is 2.24. The van der Waals surface area contributed by atoms with Gasteiger partial charge in [0.15, 0.2) is 0 Å². The first-order valence-electron chi connectivity index (χ1n) is 7.68. The van der Waals surface area contributed by atoms with Crippen molar-refractivity contribution in [2.45, 2.75) is 17.9 Å². The van der Waals surface area contributed by atoms with Crippen LogP contribution in [0.25, 0.3) is 0 Å². The van der Waals surface area contributed by atoms with Gasteiger partial charge in [-0.15, -0.1) is 0 Å². The summed E-state index contributed by atoms with van der Waals surface area (Å²) in [6, 6.07) is 4.39. The van der Waals surface area contributed by atoms with E-state index in [1.807, 2.05) is 6.92 Å². The summed E-state index contributed by atoms with van der Waals surface area (Å²) < 4.78 is 36.6. The van der Waals surface area contributed by atoms with Crippen molar-refractivity contribution in [2.75, 3.05) is 45.7 Å². The lowest BCUT2D eigenvalue weighted by molar-refractivity contribution is -0.128. The lowest BCUT2D eigenvalue weighted by Gasteiger charge is -2.23. The molecule has 1 saturated heterocycles. The zero-order valence-corrected chi connectivity index (χ0v) is 14.9. The maximum Gasteiger partial charge on any atom is 0.254 e. The number of benzene rings is 1. The largest absolute Gasteiger partial charge is 0.492 e. The monoisotopic (exact) mass is 357 g/mol. The maximum atomic E-state index is 12.3. The van der Waals surface area contributed by atoms with Crippen molar-refractivity contribution < 1.29 is 22.7 Å². The van der Waals surface area contributed by atoms with Crippen LogP contribution in [0.5, 0.6) is 5.75 Å². The van der Waals surface area contributed by atoms with E-state index in [9.17, 15) is 13.2 Å². The van der Waals surface area contributed by atoms with Gasteiger partial charge in [0.25, 0.3) is 5.91 Å². The molecule has 1 aliphatic rings. The second-order valence-corrected chi connectivity index (χ2v) is 7.58. The molecule has 1 atom stereocenters. The van der Waals surface area contributed by atoms with Crippen LogP contribution >= 0.6 is 0 Å². The van der Waals surface area contributed by atoms with Crippen molar-refractivity contribution in [1.82, 2.24) is 9.62 Å². The van der Waals surface area contributed by atoms with E-state index in [1.165, 1.54) is 32.3 Å². The molecular weight excluding hydrogens is 334 g/mol. The van der Waals surface area contributed by atoms with Gasteiger partial charge in [-0.25, -0.2) is 12.7 Å². The molecule has 1 amide bonds. The summed E-state index contributed by atoms with van der Waals surface area (Å²) in [5.74, 6) is 0.0647. The first kappa shape index (κ1) is 18.7. The average molecular weight is 357 g/mol. The molecule has 9 heteroatoms. The van der Waals surface area contributed by atoms with Gasteiger partial charge in [0.05, 0.1) is 23.8 Å². The van der Waals surface area contributed by atoms with Crippen LogP contribution in [0.1, 0.15) is 6.92 Å². The molecule has 134 valence electrons. The van der Waals surface area contributed by atoms with Crippen molar-refractivity contribution in [2.24, 2.45) is 0 Å². The van der Waals surface area contributed by atoms with E-state index in [1.54, 1.807) is 0 Å². The van der Waals surface area contributed by atoms with Crippen molar-refractivity contribution in [3.63, 3.8) is 0 Å². The van der Waals surface area contributed by atoms with E-state index in [0.717, 1.165) is 4.31 Å². The lowest BCUT2D eigenvalue weighted by Crippen LogP contribution is -2.45. The topological polar surface area (TPSA) is 97.0 Å². The standard InChI is InChI=1S/C15H23N3O5S/c1-4-22-13-6-5-11(24(20,21)18(2)3)9-12(13)17-15(19)14-10-16-7-8-23-14/h5-6,9,14,16H,4,7-8,10H2,1-3H3,(H,17,19). The second-order valence-electron chi connectivity index (χ2n) is 5.43. The average Bonchev–Trinajstić information content (AvgIpc) is 2.57. The normalized spacial score (nSPS) is 18.4. The van der Waals surface area contributed by atoms with Crippen LogP contribution in [-0.2, 0) is 19.6 Å². The van der Waals surface area contributed by atoms with Crippen LogP contribution in [0.15, 0.2) is 23.1 Å². The van der Waals surface area contributed by atoms with Gasteiger partial charge in [-0.3, -0.25) is 4.79 Å². The molecule has 0 saturated carbocycles. The number of amides is 1. The van der Waals surface area contributed by atoms with Gasteiger partial charge >= 0.3 is 0 Å². The number of sulfonamides is 1. The predicted molar refractivity (Wildman–Crippen MR) is 89.7 cm³/mol. The Kier molecular flexibility index (Phi) is 6.16. The van der Waals surface area contributed by atoms with Crippen LogP contribution in [-0.4, -0.2) is 65.1 Å². The number of hydrogen-bond acceptors (Lipinski definition) is 6. The second kappa shape index (κ2) is 7.93. The first-order chi connectivity index (χ1) is 11.4. The van der Waals surface area contributed by atoms with E-state index in [-0.39, 0.29) is 10.8 Å². The van der Waals surface area contributed by atoms with Gasteiger partial charge in [0.2, 0.25) is 10.0 Å². The Labute approximate surface area is 142 Å². The van der Waals surface area contributed by atoms with Crippen molar-refractivity contribution in [3.8, 4) is 5.75 Å². The molecule has 1 unspecified atom stereocenters. The Balaban J connectivity index is 2.29. The van der Waals surface area contributed by atoms with E-state index in [4.69, 9.17) is 9.47 Å². The third-order valence-electron chi connectivity index (χ3n) is 3.51. The molecule has 1 fully saturated rings. The van der Waals surface area contributed by atoms with E-state index in [2.05, 4.69) is 10.6 Å². The molecule has 1 aromatic rings. The summed E-state index contributed by atoms with van der Waals surface area (Å²) in [6.07, 6.45) is -0.623. The third kappa shape index (κ3) is 4.23. The summed E-state index contributed by atoms with van der Waals surface area (Å²) >= 11 is 0. The Morgan fingerprint density at radius 3 is 2.79 bits per heavy atom. The van der Waals surface area contributed by atoms with Crippen LogP contribution in [0.4, 0.5) is 5.69 Å². The van der Waals surface area contributed by atoms with Gasteiger partial charge in [-0.05, 0) is 25.1 Å². The summed E-state index contributed by atoms with van der Waals surface area (Å²) in [7, 11) is -0.709. The number of morpholine rings is 1. The van der Waals surface area contributed by atoms with Gasteiger partial charge in [0, 0.05) is 27.2 Å². The highest BCUT2D eigenvalue weighted by Crippen LogP contribution is 2.29. The van der Waals surface area contributed by atoms with Gasteiger partial charge < -0.3 is 20.1 Å². The van der Waals surface area contributed by atoms with Crippen molar-refractivity contribution >= 4 is 21.6 Å². The van der Waals surface area contributed by atoms with Crippen LogP contribution in [0.3, 0.4) is 0 Å². The summed E-state index contributed by atoms with van der Waals surface area (Å²) in [5, 5.41) is 5.78. The minimum Gasteiger partial charge on any atom is -0.492 e. The number of nitrogens with zero attached hydrogens (tertiary/aromatic N) is 1. The Morgan fingerprint density at radius 2 is 2.21 bits per heavy atom. The number of anilines is 1. The number of rotatable bonds is 6. The fourth-order valence-corrected chi connectivity index (χ4v) is 3.13. The van der Waals surface area contributed by atoms with E-state index < -0.39 is 16.1 Å². The quantitative estimate of drug-likeness (QED) is 0.758. The Morgan fingerprint density at radius 1 is 1.46 bits per heavy atom. The van der Waals surface area contributed by atoms with Gasteiger partial charge in [-0.1, -0.05) is 0 Å². The molecule has 1 aromatic carbocycles. The molecule has 0 aliphatic carbocycles. The van der Waals surface area contributed by atoms with E-state index >= 15 is 0 Å². The summed E-state index contributed by atoms with van der Waals surface area (Å²) in [5.41, 5.74) is 0.305. The zero-order valence-electron chi connectivity index (χ0n) is 14.0. The van der Waals surface area contributed by atoms with E-state index in [0.29, 0.717) is 37.7 Å². The highest BCUT2D eigenvalue weighted by molar-refractivity contribution is 7.89. The number of hydrogen-bond donors (Lipinski definition) is 2. The lowest BCUT2D eigenvalue weighted by atomic mass is 10.2. The molecule has 2 N–H and O–H groups in total. The molecule has 0 radical (unpaired) electrons. The molecule has 0 bridgehead atoms. The molecule has 1 aliphatic heterocycles. The predicted octanol–water partition coefficient (Wildman–Crippen LogP) is 0.263. The van der Waals surface area contributed by atoms with Gasteiger partial charge in [0.1, 0.15) is 11.9 Å². The molecule has 0 aromatic heterocycles. The smallest absolute Gasteiger partial charge is 0.254 e. The molecule has 24 heavy (non-hydrogen) atoms. The van der Waals surface area contributed by atoms with Crippen molar-refractivity contribution in [3.05, 3.63) is 18.2 Å². The summed E-state index contributed by atoms with van der Waals surface area (Å²) in [6.45, 7) is 3.76. The van der Waals surface area contributed by atoms with Crippen LogP contribution < -0.4 is 15.4 Å². The summed E-state index contributed by atoms with van der Waals surface area (Å²) in [4.78, 5) is 12.4. The zero-order chi connectivity index (χ0) is 17.7. The minimum absolute atomic E-state index is 0.0777. The number of carbonyl (C=O) groups excluding carboxylic acids is 1. The Hall–Kier alpha value is -1.68. The van der Waals surface area contributed by atoms with Crippen LogP contribution in [0.2, 0.25) is 0 Å². The fourth-order valence-electron chi connectivity index (χ4n) is 2.21. The molecule has 0 spiro atoms. The van der Waals surface area contributed by atoms with Gasteiger partial charge in [-0.2, -0.15) is 0 Å². The maximum absolute atomic E-state index is 12.3. The third-order valence-corrected chi connectivity index (χ3v) is 5.32. The molecule has 8 nitrogen and oxygen atoms in total. The van der Waals surface area contributed by atoms with Crippen molar-refractivity contribution in [1.29, 1.82) is 0 Å². The Bertz CT molecular complexity index is 684. The first-order valence-corrected chi connectivity index (χ1v) is 9.12. The SMILES string of the molecule is CCOc1ccc(S(=O)(=O)N(C)C)cc1NC(=O)C1CNCCO1. The molecule has 2 rings (SSSR count). The highest BCUT2D eigenvalue weighted by atomic mass is 32.2. The minimum atomic E-state index is -3.61. The molecule has 1 heterocycles. The number of ether oxygens (including phenoxy) is 2. The fraction of sp³-hybridized carbons (Fsp3) is 0.533. The number of nitrogens with one attached hydrogen (secondary N) is 2.